The number of amides is 1. The number of rotatable bonds is 8. The molecule has 0 aliphatic carbocycles. The second-order valence-electron chi connectivity index (χ2n) is 10.0. The van der Waals surface area contributed by atoms with E-state index in [-0.39, 0.29) is 30.6 Å². The zero-order chi connectivity index (χ0) is 28.2. The first-order chi connectivity index (χ1) is 20.1. The maximum absolute atomic E-state index is 12.6. The summed E-state index contributed by atoms with van der Waals surface area (Å²) in [7, 11) is 0. The molecule has 208 valence electrons. The molecule has 1 fully saturated rings. The molecule has 2 heterocycles. The number of thioether (sulfide) groups is 1. The zero-order valence-electron chi connectivity index (χ0n) is 22.5. The van der Waals surface area contributed by atoms with Gasteiger partial charge in [0.25, 0.3) is 5.91 Å². The van der Waals surface area contributed by atoms with Gasteiger partial charge in [-0.3, -0.25) is 4.79 Å². The summed E-state index contributed by atoms with van der Waals surface area (Å²) in [5.41, 5.74) is 5.10. The number of thiazole rings is 1. The van der Waals surface area contributed by atoms with Crippen LogP contribution in [-0.4, -0.2) is 27.9 Å². The highest BCUT2D eigenvalue weighted by molar-refractivity contribution is 8.01. The number of aromatic nitrogens is 1. The van der Waals surface area contributed by atoms with Gasteiger partial charge in [0.1, 0.15) is 0 Å². The van der Waals surface area contributed by atoms with Gasteiger partial charge in [-0.1, -0.05) is 85.4 Å². The van der Waals surface area contributed by atoms with Gasteiger partial charge < -0.3 is 19.9 Å². The van der Waals surface area contributed by atoms with Gasteiger partial charge in [-0.2, -0.15) is 0 Å². The molecule has 1 aliphatic heterocycles. The van der Waals surface area contributed by atoms with Gasteiger partial charge in [0.2, 0.25) is 0 Å². The van der Waals surface area contributed by atoms with E-state index in [9.17, 15) is 9.90 Å². The lowest BCUT2D eigenvalue weighted by molar-refractivity contribution is -0.268. The van der Waals surface area contributed by atoms with Crippen molar-refractivity contribution >= 4 is 44.9 Å². The molecule has 1 aliphatic rings. The van der Waals surface area contributed by atoms with Gasteiger partial charge in [0, 0.05) is 28.5 Å². The zero-order valence-corrected chi connectivity index (χ0v) is 24.1. The quantitative estimate of drug-likeness (QED) is 0.183. The van der Waals surface area contributed by atoms with E-state index in [0.29, 0.717) is 11.3 Å². The average Bonchev–Trinajstić information content (AvgIpc) is 3.45. The second-order valence-corrected chi connectivity index (χ2v) is 12.3. The SMILES string of the molecule is C[C@@H]1[C@H](CSc2nc3ccccc3s2)O[C@H](c2ccc(NC(=O)c3ccccc3)cc2)O[C@@H]1c1ccc(CO)cc1. The van der Waals surface area contributed by atoms with Crippen LogP contribution in [0.1, 0.15) is 46.4 Å². The summed E-state index contributed by atoms with van der Waals surface area (Å²) in [6, 6.07) is 32.9. The highest BCUT2D eigenvalue weighted by Gasteiger charge is 2.38. The number of nitrogens with one attached hydrogen (secondary N) is 1. The number of carbonyl (C=O) groups is 1. The average molecular weight is 583 g/mol. The maximum Gasteiger partial charge on any atom is 0.255 e. The molecule has 6 nitrogen and oxygen atoms in total. The van der Waals surface area contributed by atoms with Crippen LogP contribution in [0.25, 0.3) is 10.2 Å². The minimum atomic E-state index is -0.575. The van der Waals surface area contributed by atoms with Crippen molar-refractivity contribution in [3.63, 3.8) is 0 Å². The van der Waals surface area contributed by atoms with Crippen LogP contribution in [0.5, 0.6) is 0 Å². The molecule has 5 aromatic rings. The molecule has 4 aromatic carbocycles. The molecular formula is C33H30N2O4S2. The summed E-state index contributed by atoms with van der Waals surface area (Å²) < 4.78 is 15.3. The van der Waals surface area contributed by atoms with Crippen LogP contribution in [0.15, 0.2) is 107 Å². The first kappa shape index (κ1) is 27.6. The number of ether oxygens (including phenoxy) is 2. The van der Waals surface area contributed by atoms with Crippen molar-refractivity contribution in [2.45, 2.75) is 36.4 Å². The molecule has 4 atom stereocenters. The minimum absolute atomic E-state index is 0.00167. The molecular weight excluding hydrogens is 553 g/mol. The third kappa shape index (κ3) is 6.37. The van der Waals surface area contributed by atoms with Crippen LogP contribution in [0.2, 0.25) is 0 Å². The van der Waals surface area contributed by atoms with E-state index < -0.39 is 6.29 Å². The fourth-order valence-electron chi connectivity index (χ4n) is 4.89. The van der Waals surface area contributed by atoms with Crippen LogP contribution < -0.4 is 5.32 Å². The van der Waals surface area contributed by atoms with Crippen molar-refractivity contribution in [1.82, 2.24) is 4.98 Å². The Bertz CT molecular complexity index is 1570. The number of nitrogens with zero attached hydrogens (tertiary/aromatic N) is 1. The summed E-state index contributed by atoms with van der Waals surface area (Å²) in [5, 5.41) is 12.5. The molecule has 2 N–H and O–H groups in total. The standard InChI is InChI=1S/C33H30N2O4S2/c1-21-28(20-40-33-35-27-9-5-6-10-29(27)41-33)38-32(39-30(21)23-13-11-22(19-36)12-14-23)25-15-17-26(18-16-25)34-31(37)24-7-3-2-4-8-24/h2-18,21,28,30,32,36H,19-20H2,1H3,(H,34,37)/t21-,28+,30+,32+/m1/s1. The number of anilines is 1. The summed E-state index contributed by atoms with van der Waals surface area (Å²) in [6.45, 7) is 2.16. The lowest BCUT2D eigenvalue weighted by atomic mass is 9.91. The number of aliphatic hydroxyl groups excluding tert-OH is 1. The lowest BCUT2D eigenvalue weighted by Gasteiger charge is -2.41. The number of hydrogen-bond donors (Lipinski definition) is 2. The normalized spacial score (nSPS) is 20.6. The van der Waals surface area contributed by atoms with E-state index >= 15 is 0 Å². The van der Waals surface area contributed by atoms with E-state index in [1.807, 2.05) is 84.9 Å². The fraction of sp³-hybridized carbons (Fsp3) is 0.212. The first-order valence-corrected chi connectivity index (χ1v) is 15.3. The highest BCUT2D eigenvalue weighted by atomic mass is 32.2. The van der Waals surface area contributed by atoms with E-state index in [0.717, 1.165) is 32.3 Å². The molecule has 0 unspecified atom stereocenters. The van der Waals surface area contributed by atoms with E-state index in [2.05, 4.69) is 18.3 Å². The summed E-state index contributed by atoms with van der Waals surface area (Å²) >= 11 is 3.41. The molecule has 0 bridgehead atoms. The van der Waals surface area contributed by atoms with Crippen LogP contribution in [-0.2, 0) is 16.1 Å². The van der Waals surface area contributed by atoms with Gasteiger partial charge in [-0.25, -0.2) is 4.98 Å². The van der Waals surface area contributed by atoms with Crippen LogP contribution in [0.3, 0.4) is 0 Å². The highest BCUT2D eigenvalue weighted by Crippen LogP contribution is 2.43. The van der Waals surface area contributed by atoms with Crippen LogP contribution >= 0.6 is 23.1 Å². The van der Waals surface area contributed by atoms with Crippen LogP contribution in [0, 0.1) is 5.92 Å². The molecule has 0 saturated carbocycles. The van der Waals surface area contributed by atoms with E-state index in [4.69, 9.17) is 14.5 Å². The summed E-state index contributed by atoms with van der Waals surface area (Å²) in [6.07, 6.45) is -0.862. The van der Waals surface area contributed by atoms with Gasteiger partial charge in [-0.05, 0) is 47.5 Å². The topological polar surface area (TPSA) is 80.7 Å². The Morgan fingerprint density at radius 2 is 1.61 bits per heavy atom. The molecule has 1 amide bonds. The largest absolute Gasteiger partial charge is 0.392 e. The van der Waals surface area contributed by atoms with Gasteiger partial charge in [0.05, 0.1) is 29.0 Å². The van der Waals surface area contributed by atoms with Crippen molar-refractivity contribution in [1.29, 1.82) is 0 Å². The Morgan fingerprint density at radius 3 is 2.34 bits per heavy atom. The molecule has 8 heteroatoms. The molecule has 0 spiro atoms. The molecule has 6 rings (SSSR count). The van der Waals surface area contributed by atoms with Crippen molar-refractivity contribution in [3.05, 3.63) is 125 Å². The molecule has 1 saturated heterocycles. The Kier molecular flexibility index (Phi) is 8.46. The van der Waals surface area contributed by atoms with Crippen molar-refractivity contribution < 1.29 is 19.4 Å². The maximum atomic E-state index is 12.6. The third-order valence-corrected chi connectivity index (χ3v) is 9.51. The fourth-order valence-corrected chi connectivity index (χ4v) is 7.15. The number of hydrogen-bond acceptors (Lipinski definition) is 7. The van der Waals surface area contributed by atoms with Crippen molar-refractivity contribution in [2.24, 2.45) is 5.92 Å². The number of benzene rings is 4. The predicted molar refractivity (Wildman–Crippen MR) is 164 cm³/mol. The summed E-state index contributed by atoms with van der Waals surface area (Å²) in [5.74, 6) is 0.658. The van der Waals surface area contributed by atoms with Crippen molar-refractivity contribution in [2.75, 3.05) is 11.1 Å². The number of fused-ring (bicyclic) bond motifs is 1. The minimum Gasteiger partial charge on any atom is -0.392 e. The van der Waals surface area contributed by atoms with Gasteiger partial charge in [0.15, 0.2) is 10.6 Å². The van der Waals surface area contributed by atoms with E-state index in [1.54, 1.807) is 35.2 Å². The first-order valence-electron chi connectivity index (χ1n) is 13.5. The van der Waals surface area contributed by atoms with E-state index in [1.165, 1.54) is 4.70 Å². The summed E-state index contributed by atoms with van der Waals surface area (Å²) in [4.78, 5) is 17.4. The van der Waals surface area contributed by atoms with Crippen LogP contribution in [0.4, 0.5) is 5.69 Å². The third-order valence-electron chi connectivity index (χ3n) is 7.25. The Balaban J connectivity index is 1.21. The van der Waals surface area contributed by atoms with Gasteiger partial charge in [-0.15, -0.1) is 11.3 Å². The Labute approximate surface area is 247 Å². The lowest BCUT2D eigenvalue weighted by Crippen LogP contribution is -2.38. The molecule has 0 radical (unpaired) electrons. The number of para-hydroxylation sites is 1. The van der Waals surface area contributed by atoms with Crippen molar-refractivity contribution in [3.8, 4) is 0 Å². The molecule has 41 heavy (non-hydrogen) atoms. The van der Waals surface area contributed by atoms with Gasteiger partial charge >= 0.3 is 0 Å². The smallest absolute Gasteiger partial charge is 0.255 e. The Morgan fingerprint density at radius 1 is 0.902 bits per heavy atom. The molecule has 1 aromatic heterocycles. The Hall–Kier alpha value is -3.53. The number of carbonyl (C=O) groups excluding carboxylic acids is 1. The second kappa shape index (κ2) is 12.5. The predicted octanol–water partition coefficient (Wildman–Crippen LogP) is 7.62. The number of aliphatic hydroxyl groups is 1. The monoisotopic (exact) mass is 582 g/mol.